The average Bonchev–Trinajstić information content (AvgIpc) is 2.69. The van der Waals surface area contributed by atoms with Crippen molar-refractivity contribution in [1.29, 1.82) is 0 Å². The minimum absolute atomic E-state index is 0.00293. The lowest BCUT2D eigenvalue weighted by Gasteiger charge is -2.33. The van der Waals surface area contributed by atoms with Gasteiger partial charge in [-0.15, -0.1) is 0 Å². The first-order valence-corrected chi connectivity index (χ1v) is 13.7. The lowest BCUT2D eigenvalue weighted by molar-refractivity contribution is 0.347. The molecule has 36 heavy (non-hydrogen) atoms. The van der Waals surface area contributed by atoms with Crippen LogP contribution in [0.15, 0.2) is 12.1 Å². The van der Waals surface area contributed by atoms with Crippen LogP contribution >= 0.6 is 0 Å². The van der Waals surface area contributed by atoms with Crippen molar-refractivity contribution in [3.63, 3.8) is 0 Å². The SMILES string of the molecule is CC(C)(C)c1cc(C(C)(C)C)nc(C(C)(C)CCC(C)(C)c2nc(C(C)(C)C)nc(C(C)(C)C)n2)c1. The molecule has 0 unspecified atom stereocenters. The van der Waals surface area contributed by atoms with Crippen molar-refractivity contribution in [2.75, 3.05) is 0 Å². The van der Waals surface area contributed by atoms with Crippen molar-refractivity contribution in [1.82, 2.24) is 19.9 Å². The van der Waals surface area contributed by atoms with Gasteiger partial charge in [-0.25, -0.2) is 15.0 Å². The standard InChI is InChI=1S/C32H54N4/c1-27(2,3)21-19-22(28(4,5)6)33-23(20-21)31(13,14)17-18-32(15,16)26-35-24(29(7,8)9)34-25(36-26)30(10,11)12/h19-20H,17-18H2,1-16H3. The van der Waals surface area contributed by atoms with E-state index in [1.165, 1.54) is 17.0 Å². The van der Waals surface area contributed by atoms with E-state index in [0.29, 0.717) is 0 Å². The van der Waals surface area contributed by atoms with E-state index in [2.05, 4.69) is 123 Å². The molecule has 2 heterocycles. The van der Waals surface area contributed by atoms with Gasteiger partial charge < -0.3 is 0 Å². The average molecular weight is 495 g/mol. The van der Waals surface area contributed by atoms with Gasteiger partial charge in [-0.1, -0.05) is 111 Å². The van der Waals surface area contributed by atoms with E-state index in [-0.39, 0.29) is 32.5 Å². The molecule has 0 radical (unpaired) electrons. The molecule has 2 aromatic heterocycles. The summed E-state index contributed by atoms with van der Waals surface area (Å²) in [6.45, 7) is 35.9. The quantitative estimate of drug-likeness (QED) is 0.418. The van der Waals surface area contributed by atoms with Gasteiger partial charge in [-0.05, 0) is 36.0 Å². The Hall–Kier alpha value is -1.84. The Morgan fingerprint density at radius 3 is 1.19 bits per heavy atom. The minimum Gasteiger partial charge on any atom is -0.257 e. The number of hydrogen-bond donors (Lipinski definition) is 0. The molecule has 0 aliphatic heterocycles. The minimum atomic E-state index is -0.186. The highest BCUT2D eigenvalue weighted by atomic mass is 15.1. The van der Waals surface area contributed by atoms with Crippen LogP contribution < -0.4 is 0 Å². The molecule has 0 N–H and O–H groups in total. The molecule has 4 heteroatoms. The Morgan fingerprint density at radius 2 is 0.806 bits per heavy atom. The van der Waals surface area contributed by atoms with Gasteiger partial charge in [0, 0.05) is 38.5 Å². The highest BCUT2D eigenvalue weighted by molar-refractivity contribution is 5.33. The highest BCUT2D eigenvalue weighted by Crippen LogP contribution is 2.38. The van der Waals surface area contributed by atoms with E-state index in [1.807, 2.05) is 0 Å². The molecule has 0 aromatic carbocycles. The van der Waals surface area contributed by atoms with Gasteiger partial charge in [0.25, 0.3) is 0 Å². The van der Waals surface area contributed by atoms with Crippen LogP contribution in [-0.2, 0) is 32.5 Å². The Kier molecular flexibility index (Phi) is 8.00. The monoisotopic (exact) mass is 494 g/mol. The number of hydrogen-bond acceptors (Lipinski definition) is 4. The molecule has 0 saturated carbocycles. The Balaban J connectivity index is 2.49. The molecule has 0 bridgehead atoms. The largest absolute Gasteiger partial charge is 0.257 e. The molecule has 2 aromatic rings. The van der Waals surface area contributed by atoms with Gasteiger partial charge in [0.1, 0.15) is 17.5 Å². The van der Waals surface area contributed by atoms with Gasteiger partial charge >= 0.3 is 0 Å². The lowest BCUT2D eigenvalue weighted by Crippen LogP contribution is -2.32. The van der Waals surface area contributed by atoms with Crippen LogP contribution in [0.5, 0.6) is 0 Å². The van der Waals surface area contributed by atoms with Gasteiger partial charge in [0.2, 0.25) is 0 Å². The summed E-state index contributed by atoms with van der Waals surface area (Å²) in [7, 11) is 0. The van der Waals surface area contributed by atoms with Gasteiger partial charge in [0.15, 0.2) is 0 Å². The van der Waals surface area contributed by atoms with Crippen LogP contribution in [0.4, 0.5) is 0 Å². The number of nitrogens with zero attached hydrogens (tertiary/aromatic N) is 4. The van der Waals surface area contributed by atoms with Gasteiger partial charge in [0.05, 0.1) is 0 Å². The molecule has 0 atom stereocenters. The van der Waals surface area contributed by atoms with Crippen molar-refractivity contribution in [2.45, 2.75) is 156 Å². The fraction of sp³-hybridized carbons (Fsp3) is 0.750. The maximum Gasteiger partial charge on any atom is 0.138 e. The summed E-state index contributed by atoms with van der Waals surface area (Å²) in [4.78, 5) is 20.1. The molecule has 2 rings (SSSR count). The summed E-state index contributed by atoms with van der Waals surface area (Å²) in [5, 5.41) is 0. The van der Waals surface area contributed by atoms with Crippen LogP contribution in [0.2, 0.25) is 0 Å². The first-order chi connectivity index (χ1) is 15.8. The van der Waals surface area contributed by atoms with Crippen molar-refractivity contribution < 1.29 is 0 Å². The molecule has 0 spiro atoms. The molecular formula is C32H54N4. The van der Waals surface area contributed by atoms with E-state index in [0.717, 1.165) is 30.3 Å². The van der Waals surface area contributed by atoms with E-state index < -0.39 is 0 Å². The van der Waals surface area contributed by atoms with E-state index in [1.54, 1.807) is 0 Å². The van der Waals surface area contributed by atoms with Crippen molar-refractivity contribution in [3.05, 3.63) is 46.6 Å². The second-order valence-corrected chi connectivity index (χ2v) is 16.2. The molecule has 0 amide bonds. The molecular weight excluding hydrogens is 440 g/mol. The van der Waals surface area contributed by atoms with Crippen LogP contribution in [0, 0.1) is 0 Å². The molecule has 202 valence electrons. The third-order valence-electron chi connectivity index (χ3n) is 7.11. The summed E-state index contributed by atoms with van der Waals surface area (Å²) in [5.74, 6) is 2.65. The number of rotatable bonds is 5. The first kappa shape index (κ1) is 30.4. The summed E-state index contributed by atoms with van der Waals surface area (Å²) in [6, 6.07) is 4.64. The Morgan fingerprint density at radius 1 is 0.417 bits per heavy atom. The van der Waals surface area contributed by atoms with Crippen molar-refractivity contribution in [3.8, 4) is 0 Å². The van der Waals surface area contributed by atoms with Gasteiger partial charge in [-0.2, -0.15) is 0 Å². The summed E-state index contributed by atoms with van der Waals surface area (Å²) in [6.07, 6.45) is 1.95. The zero-order valence-electron chi connectivity index (χ0n) is 26.4. The van der Waals surface area contributed by atoms with Crippen LogP contribution in [-0.4, -0.2) is 19.9 Å². The summed E-state index contributed by atoms with van der Waals surface area (Å²) in [5.41, 5.74) is 3.25. The topological polar surface area (TPSA) is 51.6 Å². The Labute approximate surface area is 222 Å². The normalized spacial score (nSPS) is 14.3. The zero-order chi connectivity index (χ0) is 28.1. The maximum atomic E-state index is 5.21. The number of aromatic nitrogens is 4. The maximum absolute atomic E-state index is 5.21. The van der Waals surface area contributed by atoms with E-state index >= 15 is 0 Å². The van der Waals surface area contributed by atoms with E-state index in [4.69, 9.17) is 19.9 Å². The van der Waals surface area contributed by atoms with Crippen molar-refractivity contribution >= 4 is 0 Å². The molecule has 0 aliphatic carbocycles. The molecule has 4 nitrogen and oxygen atoms in total. The second-order valence-electron chi connectivity index (χ2n) is 16.2. The summed E-state index contributed by atoms with van der Waals surface area (Å²) < 4.78 is 0. The number of pyridine rings is 1. The van der Waals surface area contributed by atoms with Crippen LogP contribution in [0.3, 0.4) is 0 Å². The molecule has 0 saturated heterocycles. The Bertz CT molecular complexity index is 913. The first-order valence-electron chi connectivity index (χ1n) is 13.7. The molecule has 0 aliphatic rings. The molecule has 0 fully saturated rings. The zero-order valence-corrected chi connectivity index (χ0v) is 26.4. The highest BCUT2D eigenvalue weighted by Gasteiger charge is 2.34. The second kappa shape index (κ2) is 9.48. The van der Waals surface area contributed by atoms with Crippen LogP contribution in [0.25, 0.3) is 0 Å². The summed E-state index contributed by atoms with van der Waals surface area (Å²) >= 11 is 0. The fourth-order valence-corrected chi connectivity index (χ4v) is 3.91. The fourth-order valence-electron chi connectivity index (χ4n) is 3.91. The smallest absolute Gasteiger partial charge is 0.138 e. The third-order valence-corrected chi connectivity index (χ3v) is 7.11. The predicted molar refractivity (Wildman–Crippen MR) is 154 cm³/mol. The van der Waals surface area contributed by atoms with E-state index in [9.17, 15) is 0 Å². The predicted octanol–water partition coefficient (Wildman–Crippen LogP) is 8.49. The van der Waals surface area contributed by atoms with Gasteiger partial charge in [-0.3, -0.25) is 4.98 Å². The van der Waals surface area contributed by atoms with Crippen LogP contribution in [0.1, 0.15) is 158 Å². The lowest BCUT2D eigenvalue weighted by atomic mass is 9.74. The third kappa shape index (κ3) is 7.35. The van der Waals surface area contributed by atoms with Crippen molar-refractivity contribution in [2.24, 2.45) is 0 Å².